The molecule has 0 saturated heterocycles. The molecule has 0 spiro atoms. The van der Waals surface area contributed by atoms with Crippen molar-refractivity contribution < 1.29 is 14.6 Å². The van der Waals surface area contributed by atoms with Crippen LogP contribution in [-0.4, -0.2) is 49.5 Å². The quantitative estimate of drug-likeness (QED) is 0.593. The SMILES string of the molecule is CCNC(=O)CNCC(O)COC1CCCCC1CC. The molecule has 1 saturated carbocycles. The molecule has 1 aliphatic rings. The maximum atomic E-state index is 11.2. The van der Waals surface area contributed by atoms with Gasteiger partial charge in [-0.3, -0.25) is 4.79 Å². The van der Waals surface area contributed by atoms with E-state index in [0.717, 1.165) is 12.8 Å². The topological polar surface area (TPSA) is 70.6 Å². The third kappa shape index (κ3) is 6.68. The second-order valence-corrected chi connectivity index (χ2v) is 5.56. The van der Waals surface area contributed by atoms with Crippen molar-refractivity contribution in [2.45, 2.75) is 58.2 Å². The fourth-order valence-electron chi connectivity index (χ4n) is 2.77. The molecule has 0 aromatic carbocycles. The van der Waals surface area contributed by atoms with E-state index in [0.29, 0.717) is 31.7 Å². The second-order valence-electron chi connectivity index (χ2n) is 5.56. The molecule has 3 N–H and O–H groups in total. The van der Waals surface area contributed by atoms with Crippen LogP contribution in [0, 0.1) is 5.92 Å². The van der Waals surface area contributed by atoms with E-state index in [9.17, 15) is 9.90 Å². The summed E-state index contributed by atoms with van der Waals surface area (Å²) in [6.07, 6.45) is 5.78. The Morgan fingerprint density at radius 3 is 2.80 bits per heavy atom. The zero-order chi connectivity index (χ0) is 14.8. The maximum Gasteiger partial charge on any atom is 0.233 e. The highest BCUT2D eigenvalue weighted by Crippen LogP contribution is 2.29. The predicted octanol–water partition coefficient (Wildman–Crippen LogP) is 1.06. The van der Waals surface area contributed by atoms with Crippen LogP contribution in [0.5, 0.6) is 0 Å². The van der Waals surface area contributed by atoms with Crippen molar-refractivity contribution in [3.63, 3.8) is 0 Å². The van der Waals surface area contributed by atoms with Crippen LogP contribution in [0.15, 0.2) is 0 Å². The lowest BCUT2D eigenvalue weighted by molar-refractivity contribution is -0.120. The lowest BCUT2D eigenvalue weighted by atomic mass is 9.85. The fraction of sp³-hybridized carbons (Fsp3) is 0.933. The van der Waals surface area contributed by atoms with E-state index in [1.165, 1.54) is 19.3 Å². The highest BCUT2D eigenvalue weighted by molar-refractivity contribution is 5.77. The maximum absolute atomic E-state index is 11.2. The minimum absolute atomic E-state index is 0.0426. The summed E-state index contributed by atoms with van der Waals surface area (Å²) >= 11 is 0. The van der Waals surface area contributed by atoms with Gasteiger partial charge in [0, 0.05) is 13.1 Å². The van der Waals surface area contributed by atoms with Crippen LogP contribution in [0.4, 0.5) is 0 Å². The number of amides is 1. The van der Waals surface area contributed by atoms with Crippen LogP contribution in [0.3, 0.4) is 0 Å². The minimum atomic E-state index is -0.552. The number of aliphatic hydroxyl groups excluding tert-OH is 1. The smallest absolute Gasteiger partial charge is 0.233 e. The van der Waals surface area contributed by atoms with Crippen LogP contribution >= 0.6 is 0 Å². The minimum Gasteiger partial charge on any atom is -0.389 e. The molecule has 0 aromatic heterocycles. The Morgan fingerprint density at radius 1 is 1.35 bits per heavy atom. The molecule has 1 rings (SSSR count). The van der Waals surface area contributed by atoms with Gasteiger partial charge in [0.2, 0.25) is 5.91 Å². The molecule has 5 heteroatoms. The zero-order valence-electron chi connectivity index (χ0n) is 12.9. The first kappa shape index (κ1) is 17.4. The lowest BCUT2D eigenvalue weighted by Crippen LogP contribution is -2.39. The van der Waals surface area contributed by atoms with Gasteiger partial charge >= 0.3 is 0 Å². The third-order valence-electron chi connectivity index (χ3n) is 3.91. The van der Waals surface area contributed by atoms with E-state index in [1.807, 2.05) is 6.92 Å². The van der Waals surface area contributed by atoms with E-state index in [1.54, 1.807) is 0 Å². The number of aliphatic hydroxyl groups is 1. The number of nitrogens with one attached hydrogen (secondary N) is 2. The summed E-state index contributed by atoms with van der Waals surface area (Å²) in [5.41, 5.74) is 0. The molecule has 0 heterocycles. The summed E-state index contributed by atoms with van der Waals surface area (Å²) in [6.45, 7) is 5.70. The first-order valence-corrected chi connectivity index (χ1v) is 7.94. The Morgan fingerprint density at radius 2 is 2.10 bits per heavy atom. The van der Waals surface area contributed by atoms with Gasteiger partial charge < -0.3 is 20.5 Å². The van der Waals surface area contributed by atoms with Crippen molar-refractivity contribution in [1.29, 1.82) is 0 Å². The number of likely N-dealkylation sites (N-methyl/N-ethyl adjacent to an activating group) is 1. The summed E-state index contributed by atoms with van der Waals surface area (Å²) in [7, 11) is 0. The molecule has 1 amide bonds. The standard InChI is InChI=1S/C15H30N2O3/c1-3-12-7-5-6-8-14(12)20-11-13(18)9-16-10-15(19)17-4-2/h12-14,16,18H,3-11H2,1-2H3,(H,17,19). The fourth-order valence-corrected chi connectivity index (χ4v) is 2.77. The van der Waals surface area contributed by atoms with Crippen molar-refractivity contribution in [2.75, 3.05) is 26.2 Å². The molecular formula is C15H30N2O3. The molecule has 0 aromatic rings. The number of hydrogen-bond donors (Lipinski definition) is 3. The average molecular weight is 286 g/mol. The predicted molar refractivity (Wildman–Crippen MR) is 79.5 cm³/mol. The van der Waals surface area contributed by atoms with Crippen molar-refractivity contribution in [3.05, 3.63) is 0 Å². The largest absolute Gasteiger partial charge is 0.389 e. The van der Waals surface area contributed by atoms with Gasteiger partial charge in [0.05, 0.1) is 25.4 Å². The molecule has 3 atom stereocenters. The third-order valence-corrected chi connectivity index (χ3v) is 3.91. The van der Waals surface area contributed by atoms with E-state index < -0.39 is 6.10 Å². The monoisotopic (exact) mass is 286 g/mol. The van der Waals surface area contributed by atoms with Gasteiger partial charge in [-0.15, -0.1) is 0 Å². The normalized spacial score (nSPS) is 24.4. The molecule has 3 unspecified atom stereocenters. The van der Waals surface area contributed by atoms with Gasteiger partial charge in [-0.05, 0) is 25.7 Å². The van der Waals surface area contributed by atoms with Gasteiger partial charge in [0.25, 0.3) is 0 Å². The zero-order valence-corrected chi connectivity index (χ0v) is 12.9. The Bertz CT molecular complexity index is 274. The van der Waals surface area contributed by atoms with Crippen LogP contribution in [0.2, 0.25) is 0 Å². The van der Waals surface area contributed by atoms with Gasteiger partial charge in [-0.1, -0.05) is 26.2 Å². The Labute approximate surface area is 122 Å². The second kappa shape index (κ2) is 10.1. The Balaban J connectivity index is 2.12. The van der Waals surface area contributed by atoms with Crippen LogP contribution < -0.4 is 10.6 Å². The lowest BCUT2D eigenvalue weighted by Gasteiger charge is -2.31. The number of carbonyl (C=O) groups excluding carboxylic acids is 1. The summed E-state index contributed by atoms with van der Waals surface area (Å²) in [5, 5.41) is 15.5. The van der Waals surface area contributed by atoms with Gasteiger partial charge in [-0.2, -0.15) is 0 Å². The number of carbonyl (C=O) groups is 1. The van der Waals surface area contributed by atoms with Crippen LogP contribution in [0.25, 0.3) is 0 Å². The van der Waals surface area contributed by atoms with Crippen LogP contribution in [-0.2, 0) is 9.53 Å². The molecule has 0 aliphatic heterocycles. The van der Waals surface area contributed by atoms with Crippen molar-refractivity contribution in [2.24, 2.45) is 5.92 Å². The number of ether oxygens (including phenoxy) is 1. The Kier molecular flexibility index (Phi) is 8.82. The average Bonchev–Trinajstić information content (AvgIpc) is 2.45. The summed E-state index contributed by atoms with van der Waals surface area (Å²) in [5.74, 6) is 0.596. The first-order valence-electron chi connectivity index (χ1n) is 7.94. The molecule has 5 nitrogen and oxygen atoms in total. The van der Waals surface area contributed by atoms with E-state index in [-0.39, 0.29) is 12.5 Å². The van der Waals surface area contributed by atoms with Crippen molar-refractivity contribution in [3.8, 4) is 0 Å². The van der Waals surface area contributed by atoms with Crippen molar-refractivity contribution >= 4 is 5.91 Å². The summed E-state index contributed by atoms with van der Waals surface area (Å²) in [4.78, 5) is 11.2. The molecule has 0 radical (unpaired) electrons. The highest BCUT2D eigenvalue weighted by atomic mass is 16.5. The van der Waals surface area contributed by atoms with Gasteiger partial charge in [0.1, 0.15) is 0 Å². The number of rotatable bonds is 9. The highest BCUT2D eigenvalue weighted by Gasteiger charge is 2.24. The van der Waals surface area contributed by atoms with Gasteiger partial charge in [-0.25, -0.2) is 0 Å². The van der Waals surface area contributed by atoms with E-state index in [4.69, 9.17) is 4.74 Å². The molecular weight excluding hydrogens is 256 g/mol. The van der Waals surface area contributed by atoms with Crippen LogP contribution in [0.1, 0.15) is 46.0 Å². The first-order chi connectivity index (χ1) is 9.67. The van der Waals surface area contributed by atoms with E-state index in [2.05, 4.69) is 17.6 Å². The molecule has 118 valence electrons. The molecule has 1 aliphatic carbocycles. The molecule has 1 fully saturated rings. The molecule has 0 bridgehead atoms. The Hall–Kier alpha value is -0.650. The van der Waals surface area contributed by atoms with Gasteiger partial charge in [0.15, 0.2) is 0 Å². The summed E-state index contributed by atoms with van der Waals surface area (Å²) in [6, 6.07) is 0. The number of hydrogen-bond acceptors (Lipinski definition) is 4. The van der Waals surface area contributed by atoms with E-state index >= 15 is 0 Å². The molecule has 20 heavy (non-hydrogen) atoms. The summed E-state index contributed by atoms with van der Waals surface area (Å²) < 4.78 is 5.86. The van der Waals surface area contributed by atoms with Crippen molar-refractivity contribution in [1.82, 2.24) is 10.6 Å².